The highest BCUT2D eigenvalue weighted by molar-refractivity contribution is 5.85. The Hall–Kier alpha value is -1.06. The molecule has 5 rings (SSSR count). The lowest BCUT2D eigenvalue weighted by Gasteiger charge is -2.64. The van der Waals surface area contributed by atoms with Crippen LogP contribution in [0.25, 0.3) is 0 Å². The molecule has 0 aromatic carbocycles. The molecule has 128 valence electrons. The minimum Gasteiger partial charge on any atom is -0.356 e. The summed E-state index contributed by atoms with van der Waals surface area (Å²) in [4.78, 5) is 25.0. The molecule has 0 radical (unpaired) electrons. The van der Waals surface area contributed by atoms with Crippen LogP contribution in [0, 0.1) is 22.2 Å². The maximum absolute atomic E-state index is 13.2. The molecular weight excluding hydrogens is 288 g/mol. The molecule has 4 saturated carbocycles. The first kappa shape index (κ1) is 15.5. The van der Waals surface area contributed by atoms with Crippen molar-refractivity contribution in [1.29, 1.82) is 0 Å². The molecule has 2 unspecified atom stereocenters. The van der Waals surface area contributed by atoms with Crippen molar-refractivity contribution in [3.05, 3.63) is 0 Å². The van der Waals surface area contributed by atoms with Crippen LogP contribution in [0.5, 0.6) is 0 Å². The Kier molecular flexibility index (Phi) is 3.34. The van der Waals surface area contributed by atoms with Gasteiger partial charge in [-0.05, 0) is 68.1 Å². The van der Waals surface area contributed by atoms with Gasteiger partial charge in [0.1, 0.15) is 0 Å². The highest BCUT2D eigenvalue weighted by Gasteiger charge is 2.62. The second-order valence-electron chi connectivity index (χ2n) is 9.78. The molecule has 1 aliphatic heterocycles. The van der Waals surface area contributed by atoms with E-state index in [2.05, 4.69) is 24.5 Å². The van der Waals surface area contributed by atoms with E-state index >= 15 is 0 Å². The molecule has 5 aliphatic rings. The van der Waals surface area contributed by atoms with Crippen LogP contribution in [-0.4, -0.2) is 24.4 Å². The molecule has 4 nitrogen and oxygen atoms in total. The zero-order valence-electron chi connectivity index (χ0n) is 14.5. The molecule has 4 heteroatoms. The molecule has 0 aromatic heterocycles. The van der Waals surface area contributed by atoms with Crippen molar-refractivity contribution >= 4 is 11.8 Å². The molecular formula is C19H30N2O2. The van der Waals surface area contributed by atoms with Gasteiger partial charge in [-0.25, -0.2) is 0 Å². The van der Waals surface area contributed by atoms with E-state index in [9.17, 15) is 9.59 Å². The van der Waals surface area contributed by atoms with Crippen LogP contribution in [0.4, 0.5) is 0 Å². The monoisotopic (exact) mass is 318 g/mol. The summed E-state index contributed by atoms with van der Waals surface area (Å²) in [5.74, 6) is 1.06. The first-order chi connectivity index (χ1) is 10.8. The van der Waals surface area contributed by atoms with Crippen LogP contribution in [0.1, 0.15) is 71.6 Å². The van der Waals surface area contributed by atoms with Gasteiger partial charge < -0.3 is 10.6 Å². The zero-order valence-corrected chi connectivity index (χ0v) is 14.5. The van der Waals surface area contributed by atoms with Crippen LogP contribution in [0.3, 0.4) is 0 Å². The van der Waals surface area contributed by atoms with E-state index in [0.717, 1.165) is 44.6 Å². The standard InChI is InChI=1S/C19H30N2O2/c1-17-7-13-8-18(2,10-17)12-19(9-13,11-17)16(23)21-14-4-3-5-20-15(22)6-14/h13-14H,3-12H2,1-2H3,(H,20,22)(H,21,23)/t13?,14-,17?,18?,19?/m0/s1. The van der Waals surface area contributed by atoms with Gasteiger partial charge in [0.05, 0.1) is 5.41 Å². The van der Waals surface area contributed by atoms with E-state index in [1.807, 2.05) is 0 Å². The molecule has 2 N–H and O–H groups in total. The molecule has 3 atom stereocenters. The van der Waals surface area contributed by atoms with E-state index in [1.165, 1.54) is 19.3 Å². The van der Waals surface area contributed by atoms with Gasteiger partial charge in [0.2, 0.25) is 11.8 Å². The Bertz CT molecular complexity index is 525. The SMILES string of the molecule is CC12CC3CC(C)(C1)CC(C(=O)N[C@H]1CCCNC(=O)C1)(C3)C2. The lowest BCUT2D eigenvalue weighted by Crippen LogP contribution is -2.60. The summed E-state index contributed by atoms with van der Waals surface area (Å²) in [6, 6.07) is 0.0265. The largest absolute Gasteiger partial charge is 0.356 e. The summed E-state index contributed by atoms with van der Waals surface area (Å²) in [6.45, 7) is 5.54. The Morgan fingerprint density at radius 2 is 1.83 bits per heavy atom. The Labute approximate surface area is 139 Å². The van der Waals surface area contributed by atoms with E-state index < -0.39 is 0 Å². The highest BCUT2D eigenvalue weighted by atomic mass is 16.2. The van der Waals surface area contributed by atoms with Crippen molar-refractivity contribution in [3.8, 4) is 0 Å². The number of hydrogen-bond acceptors (Lipinski definition) is 2. The van der Waals surface area contributed by atoms with E-state index in [-0.39, 0.29) is 23.3 Å². The molecule has 23 heavy (non-hydrogen) atoms. The van der Waals surface area contributed by atoms with Crippen molar-refractivity contribution in [2.75, 3.05) is 6.54 Å². The summed E-state index contributed by atoms with van der Waals surface area (Å²) < 4.78 is 0. The van der Waals surface area contributed by atoms with Gasteiger partial charge in [-0.1, -0.05) is 13.8 Å². The number of rotatable bonds is 2. The van der Waals surface area contributed by atoms with E-state index in [0.29, 0.717) is 17.3 Å². The van der Waals surface area contributed by atoms with Gasteiger partial charge in [0.25, 0.3) is 0 Å². The van der Waals surface area contributed by atoms with Crippen LogP contribution >= 0.6 is 0 Å². The topological polar surface area (TPSA) is 58.2 Å². The summed E-state index contributed by atoms with van der Waals surface area (Å²) in [5.41, 5.74) is 0.546. The maximum Gasteiger partial charge on any atom is 0.226 e. The molecule has 1 saturated heterocycles. The molecule has 4 bridgehead atoms. The first-order valence-corrected chi connectivity index (χ1v) is 9.38. The Morgan fingerprint density at radius 1 is 1.13 bits per heavy atom. The fourth-order valence-corrected chi connectivity index (χ4v) is 7.14. The Balaban J connectivity index is 1.52. The second-order valence-corrected chi connectivity index (χ2v) is 9.78. The normalized spacial score (nSPS) is 48.7. The number of carbonyl (C=O) groups is 2. The smallest absolute Gasteiger partial charge is 0.226 e. The lowest BCUT2D eigenvalue weighted by molar-refractivity contribution is -0.170. The number of nitrogens with one attached hydrogen (secondary N) is 2. The third kappa shape index (κ3) is 2.68. The summed E-state index contributed by atoms with van der Waals surface area (Å²) >= 11 is 0. The van der Waals surface area contributed by atoms with Crippen LogP contribution in [0.2, 0.25) is 0 Å². The number of amides is 2. The molecule has 0 aromatic rings. The highest BCUT2D eigenvalue weighted by Crippen LogP contribution is 2.69. The third-order valence-electron chi connectivity index (χ3n) is 6.93. The fourth-order valence-electron chi connectivity index (χ4n) is 7.14. The predicted molar refractivity (Wildman–Crippen MR) is 88.6 cm³/mol. The van der Waals surface area contributed by atoms with Crippen molar-refractivity contribution < 1.29 is 9.59 Å². The minimum absolute atomic E-state index is 0.0265. The maximum atomic E-state index is 13.2. The van der Waals surface area contributed by atoms with Gasteiger partial charge in [0, 0.05) is 19.0 Å². The van der Waals surface area contributed by atoms with Crippen molar-refractivity contribution in [2.45, 2.75) is 77.7 Å². The average Bonchev–Trinajstić information content (AvgIpc) is 2.58. The van der Waals surface area contributed by atoms with Gasteiger partial charge in [-0.2, -0.15) is 0 Å². The zero-order chi connectivity index (χ0) is 16.3. The lowest BCUT2D eigenvalue weighted by atomic mass is 9.40. The molecule has 1 heterocycles. The second kappa shape index (κ2) is 4.97. The van der Waals surface area contributed by atoms with Crippen LogP contribution in [0.15, 0.2) is 0 Å². The molecule has 5 fully saturated rings. The first-order valence-electron chi connectivity index (χ1n) is 9.38. The van der Waals surface area contributed by atoms with E-state index in [1.54, 1.807) is 0 Å². The van der Waals surface area contributed by atoms with Gasteiger partial charge >= 0.3 is 0 Å². The van der Waals surface area contributed by atoms with Gasteiger partial charge in [-0.3, -0.25) is 9.59 Å². The molecule has 2 amide bonds. The van der Waals surface area contributed by atoms with Crippen molar-refractivity contribution in [1.82, 2.24) is 10.6 Å². The molecule has 0 spiro atoms. The van der Waals surface area contributed by atoms with Crippen LogP contribution < -0.4 is 10.6 Å². The number of hydrogen-bond donors (Lipinski definition) is 2. The molecule has 4 aliphatic carbocycles. The summed E-state index contributed by atoms with van der Waals surface area (Å²) in [6.07, 6.45) is 9.40. The average molecular weight is 318 g/mol. The van der Waals surface area contributed by atoms with Crippen molar-refractivity contribution in [3.63, 3.8) is 0 Å². The predicted octanol–water partition coefficient (Wildman–Crippen LogP) is 2.77. The third-order valence-corrected chi connectivity index (χ3v) is 6.93. The minimum atomic E-state index is -0.161. The van der Waals surface area contributed by atoms with Gasteiger partial charge in [-0.15, -0.1) is 0 Å². The van der Waals surface area contributed by atoms with E-state index in [4.69, 9.17) is 0 Å². The Morgan fingerprint density at radius 3 is 2.48 bits per heavy atom. The number of carbonyl (C=O) groups excluding carboxylic acids is 2. The quantitative estimate of drug-likeness (QED) is 0.822. The van der Waals surface area contributed by atoms with Crippen LogP contribution in [-0.2, 0) is 9.59 Å². The van der Waals surface area contributed by atoms with Gasteiger partial charge in [0.15, 0.2) is 0 Å². The summed E-state index contributed by atoms with van der Waals surface area (Å²) in [5, 5.41) is 6.19. The fraction of sp³-hybridized carbons (Fsp3) is 0.895. The summed E-state index contributed by atoms with van der Waals surface area (Å²) in [7, 11) is 0. The van der Waals surface area contributed by atoms with Crippen molar-refractivity contribution in [2.24, 2.45) is 22.2 Å².